The first kappa shape index (κ1) is 22.6. The molecule has 1 aliphatic rings. The molecule has 6 nitrogen and oxygen atoms in total. The van der Waals surface area contributed by atoms with Gasteiger partial charge in [0.2, 0.25) is 0 Å². The lowest BCUT2D eigenvalue weighted by atomic mass is 10.1. The quantitative estimate of drug-likeness (QED) is 0.772. The number of rotatable bonds is 6. The monoisotopic (exact) mass is 384 g/mol. The van der Waals surface area contributed by atoms with Gasteiger partial charge < -0.3 is 15.8 Å². The summed E-state index contributed by atoms with van der Waals surface area (Å²) in [5, 5.41) is 5.62. The Balaban J connectivity index is 0.00000242. The van der Waals surface area contributed by atoms with Crippen LogP contribution in [0.5, 0.6) is 0 Å². The van der Waals surface area contributed by atoms with E-state index in [1.165, 1.54) is 11.3 Å². The number of hydrogen-bond donors (Lipinski definition) is 2. The fourth-order valence-electron chi connectivity index (χ4n) is 2.38. The van der Waals surface area contributed by atoms with E-state index in [9.17, 15) is 4.79 Å². The van der Waals surface area contributed by atoms with Crippen LogP contribution in [0.15, 0.2) is 5.38 Å². The van der Waals surface area contributed by atoms with Gasteiger partial charge in [0.1, 0.15) is 5.69 Å². The van der Waals surface area contributed by atoms with Crippen molar-refractivity contribution in [2.45, 2.75) is 25.9 Å². The topological polar surface area (TPSA) is 80.5 Å². The smallest absolute Gasteiger partial charge is 0.270 e. The molecule has 1 aliphatic heterocycles. The summed E-state index contributed by atoms with van der Waals surface area (Å²) in [5.41, 5.74) is 5.87. The fraction of sp³-hybridized carbons (Fsp3) is 0.714. The summed E-state index contributed by atoms with van der Waals surface area (Å²) in [4.78, 5) is 18.6. The van der Waals surface area contributed by atoms with Crippen molar-refractivity contribution in [3.63, 3.8) is 0 Å². The summed E-state index contributed by atoms with van der Waals surface area (Å²) < 4.78 is 5.67. The molecule has 0 aliphatic carbocycles. The van der Waals surface area contributed by atoms with Crippen LogP contribution in [0, 0.1) is 0 Å². The summed E-state index contributed by atoms with van der Waals surface area (Å²) in [6.45, 7) is 8.74. The third-order valence-electron chi connectivity index (χ3n) is 3.36. The van der Waals surface area contributed by atoms with Crippen molar-refractivity contribution >= 4 is 42.1 Å². The molecule has 3 N–H and O–H groups in total. The molecule has 23 heavy (non-hydrogen) atoms. The Morgan fingerprint density at radius 3 is 2.91 bits per heavy atom. The van der Waals surface area contributed by atoms with Gasteiger partial charge in [0.15, 0.2) is 0 Å². The summed E-state index contributed by atoms with van der Waals surface area (Å²) in [7, 11) is 0. The molecule has 0 unspecified atom stereocenters. The molecule has 2 rings (SSSR count). The fourth-order valence-corrected chi connectivity index (χ4v) is 3.17. The maximum Gasteiger partial charge on any atom is 0.270 e. The van der Waals surface area contributed by atoms with Gasteiger partial charge in [-0.25, -0.2) is 4.98 Å². The second-order valence-electron chi connectivity index (χ2n) is 5.81. The molecule has 1 saturated heterocycles. The van der Waals surface area contributed by atoms with Crippen molar-refractivity contribution in [2.24, 2.45) is 5.73 Å². The summed E-state index contributed by atoms with van der Waals surface area (Å²) >= 11 is 1.48. The summed E-state index contributed by atoms with van der Waals surface area (Å²) in [6.07, 6.45) is 0.723. The van der Waals surface area contributed by atoms with Crippen LogP contribution >= 0.6 is 36.2 Å². The molecule has 1 amide bonds. The van der Waals surface area contributed by atoms with Crippen molar-refractivity contribution in [3.05, 3.63) is 16.1 Å². The van der Waals surface area contributed by atoms with Gasteiger partial charge in [-0.15, -0.1) is 36.2 Å². The first-order valence-electron chi connectivity index (χ1n) is 7.29. The van der Waals surface area contributed by atoms with Gasteiger partial charge in [-0.1, -0.05) is 0 Å². The highest BCUT2D eigenvalue weighted by Gasteiger charge is 2.26. The van der Waals surface area contributed by atoms with E-state index in [-0.39, 0.29) is 36.3 Å². The minimum Gasteiger partial charge on any atom is -0.373 e. The van der Waals surface area contributed by atoms with E-state index in [4.69, 9.17) is 10.5 Å². The van der Waals surface area contributed by atoms with E-state index in [1.54, 1.807) is 5.38 Å². The van der Waals surface area contributed by atoms with Gasteiger partial charge in [-0.3, -0.25) is 9.69 Å². The Morgan fingerprint density at radius 1 is 1.52 bits per heavy atom. The molecule has 0 radical (unpaired) electrons. The highest BCUT2D eigenvalue weighted by Crippen LogP contribution is 2.15. The van der Waals surface area contributed by atoms with Gasteiger partial charge in [0.05, 0.1) is 17.2 Å². The number of hydrogen-bond acceptors (Lipinski definition) is 6. The third kappa shape index (κ3) is 7.32. The van der Waals surface area contributed by atoms with E-state index in [2.05, 4.69) is 29.0 Å². The van der Waals surface area contributed by atoms with E-state index in [0.717, 1.165) is 37.7 Å². The Hall–Kier alpha value is -0.440. The average molecular weight is 385 g/mol. The lowest BCUT2D eigenvalue weighted by molar-refractivity contribution is -0.0853. The number of ether oxygens (including phenoxy) is 1. The number of morpholine rings is 1. The molecule has 0 bridgehead atoms. The van der Waals surface area contributed by atoms with Gasteiger partial charge >= 0.3 is 0 Å². The zero-order valence-electron chi connectivity index (χ0n) is 13.5. The first-order chi connectivity index (χ1) is 10.00. The summed E-state index contributed by atoms with van der Waals surface area (Å²) in [6, 6.07) is 0. The standard InChI is InChI=1S/C14H24N4O2S.2ClH/c1-14(2)10-18(7-8-20-14)6-5-16-13(19)11-9-21-12(17-11)3-4-15;;/h9H,3-8,10,15H2,1-2H3,(H,16,19);2*1H. The van der Waals surface area contributed by atoms with Crippen molar-refractivity contribution in [2.75, 3.05) is 39.3 Å². The van der Waals surface area contributed by atoms with Crippen LogP contribution < -0.4 is 11.1 Å². The Labute approximate surface area is 154 Å². The number of halogens is 2. The largest absolute Gasteiger partial charge is 0.373 e. The van der Waals surface area contributed by atoms with E-state index < -0.39 is 0 Å². The third-order valence-corrected chi connectivity index (χ3v) is 4.27. The molecule has 0 atom stereocenters. The molecule has 1 aromatic rings. The van der Waals surface area contributed by atoms with Gasteiger partial charge in [-0.2, -0.15) is 0 Å². The molecule has 0 aromatic carbocycles. The van der Waals surface area contributed by atoms with Crippen molar-refractivity contribution < 1.29 is 9.53 Å². The highest BCUT2D eigenvalue weighted by atomic mass is 35.5. The maximum atomic E-state index is 12.0. The number of thiazole rings is 1. The van der Waals surface area contributed by atoms with Gasteiger partial charge in [0, 0.05) is 38.0 Å². The van der Waals surface area contributed by atoms with Crippen LogP contribution in [0.25, 0.3) is 0 Å². The Bertz CT molecular complexity index is 485. The molecule has 0 saturated carbocycles. The highest BCUT2D eigenvalue weighted by molar-refractivity contribution is 7.09. The van der Waals surface area contributed by atoms with Crippen molar-refractivity contribution in [1.29, 1.82) is 0 Å². The number of nitrogens with two attached hydrogens (primary N) is 1. The summed E-state index contributed by atoms with van der Waals surface area (Å²) in [5.74, 6) is -0.109. The Kier molecular flexibility index (Phi) is 10.2. The lowest BCUT2D eigenvalue weighted by Gasteiger charge is -2.38. The lowest BCUT2D eigenvalue weighted by Crippen LogP contribution is -2.50. The average Bonchev–Trinajstić information content (AvgIpc) is 2.87. The second-order valence-corrected chi connectivity index (χ2v) is 6.75. The number of amides is 1. The number of aromatic nitrogens is 1. The normalized spacial score (nSPS) is 17.0. The molecule has 1 fully saturated rings. The van der Waals surface area contributed by atoms with Crippen LogP contribution in [0.3, 0.4) is 0 Å². The maximum absolute atomic E-state index is 12.0. The molecule has 0 spiro atoms. The van der Waals surface area contributed by atoms with Crippen LogP contribution in [0.4, 0.5) is 0 Å². The molecule has 134 valence electrons. The molecule has 9 heteroatoms. The second kappa shape index (κ2) is 10.4. The minimum atomic E-state index is -0.109. The van der Waals surface area contributed by atoms with Crippen LogP contribution in [0.2, 0.25) is 0 Å². The number of carbonyl (C=O) groups excluding carboxylic acids is 1. The van der Waals surface area contributed by atoms with Crippen LogP contribution in [0.1, 0.15) is 29.3 Å². The number of nitrogens with one attached hydrogen (secondary N) is 1. The number of carbonyl (C=O) groups is 1. The first-order valence-corrected chi connectivity index (χ1v) is 8.17. The zero-order valence-corrected chi connectivity index (χ0v) is 16.0. The van der Waals surface area contributed by atoms with E-state index in [0.29, 0.717) is 18.8 Å². The number of nitrogens with zero attached hydrogens (tertiary/aromatic N) is 2. The van der Waals surface area contributed by atoms with Crippen molar-refractivity contribution in [3.8, 4) is 0 Å². The molecule has 2 heterocycles. The predicted octanol–water partition coefficient (Wildman–Crippen LogP) is 1.33. The van der Waals surface area contributed by atoms with E-state index >= 15 is 0 Å². The van der Waals surface area contributed by atoms with Gasteiger partial charge in [0.25, 0.3) is 5.91 Å². The minimum absolute atomic E-state index is 0. The molecular weight excluding hydrogens is 359 g/mol. The van der Waals surface area contributed by atoms with Crippen LogP contribution in [-0.2, 0) is 11.2 Å². The predicted molar refractivity (Wildman–Crippen MR) is 98.2 cm³/mol. The van der Waals surface area contributed by atoms with E-state index in [1.807, 2.05) is 0 Å². The zero-order chi connectivity index (χ0) is 15.3. The SMILES string of the molecule is CC1(C)CN(CCNC(=O)c2csc(CCN)n2)CCO1.Cl.Cl. The van der Waals surface area contributed by atoms with Crippen LogP contribution in [-0.4, -0.2) is 60.7 Å². The molecule has 1 aromatic heterocycles. The molecular formula is C14H26Cl2N4O2S. The van der Waals surface area contributed by atoms with Crippen molar-refractivity contribution in [1.82, 2.24) is 15.2 Å². The van der Waals surface area contributed by atoms with Gasteiger partial charge in [-0.05, 0) is 20.4 Å². The Morgan fingerprint density at radius 2 is 2.26 bits per heavy atom.